The molecule has 0 unspecified atom stereocenters. The maximum atomic E-state index is 6.79. The Balaban J connectivity index is 2.86. The minimum Gasteiger partial charge on any atom is -0.0891 e. The molecule has 0 aromatic heterocycles. The molecule has 0 nitrogen and oxygen atoms in total. The van der Waals surface area contributed by atoms with E-state index in [2.05, 4.69) is 12.8 Å². The normalized spacial score (nSPS) is 10.2. The summed E-state index contributed by atoms with van der Waals surface area (Å²) in [5, 5.41) is 0. The summed E-state index contributed by atoms with van der Waals surface area (Å²) in [5.74, 6) is 2.45. The molecular weight excluding hydrogens is 192 g/mol. The van der Waals surface area contributed by atoms with E-state index >= 15 is 0 Å². The van der Waals surface area contributed by atoms with Crippen LogP contribution in [0.4, 0.5) is 0 Å². The highest BCUT2D eigenvalue weighted by Crippen LogP contribution is 2.12. The number of hydrogen-bond donors (Lipinski definition) is 0. The molecule has 0 saturated carbocycles. The van der Waals surface area contributed by atoms with Crippen LogP contribution in [0.2, 0.25) is 0 Å². The van der Waals surface area contributed by atoms with Crippen LogP contribution in [-0.4, -0.2) is 0 Å². The number of hydrogen-bond acceptors (Lipinski definition) is 0. The summed E-state index contributed by atoms with van der Waals surface area (Å²) in [6, 6.07) is 0. The Hall–Kier alpha value is -0.440. The minimum atomic E-state index is 0.859. The fourth-order valence-corrected chi connectivity index (χ4v) is 2.05. The van der Waals surface area contributed by atoms with Gasteiger partial charge < -0.3 is 0 Å². The molecule has 0 saturated heterocycles. The molecule has 1 radical (unpaired) electrons. The summed E-state index contributed by atoms with van der Waals surface area (Å²) in [6.45, 7) is 2.27. The Morgan fingerprint density at radius 2 is 1.00 bits per heavy atom. The molecule has 0 aromatic rings. The second kappa shape index (κ2) is 14.6. The monoisotopic (exact) mass is 221 g/mol. The van der Waals surface area contributed by atoms with Crippen LogP contribution < -0.4 is 0 Å². The van der Waals surface area contributed by atoms with Crippen molar-refractivity contribution in [2.75, 3.05) is 0 Å². The highest BCUT2D eigenvalue weighted by Gasteiger charge is 1.92. The van der Waals surface area contributed by atoms with Gasteiger partial charge in [-0.05, 0) is 12.8 Å². The fourth-order valence-electron chi connectivity index (χ4n) is 2.05. The molecule has 0 aliphatic carbocycles. The molecular formula is C16H29. The van der Waals surface area contributed by atoms with Crippen LogP contribution in [0, 0.1) is 12.3 Å². The second-order valence-electron chi connectivity index (χ2n) is 4.82. The predicted octanol–water partition coefficient (Wildman–Crippen LogP) is 5.67. The van der Waals surface area contributed by atoms with Crippen molar-refractivity contribution in [1.29, 1.82) is 0 Å². The van der Waals surface area contributed by atoms with E-state index in [1.54, 1.807) is 0 Å². The Morgan fingerprint density at radius 1 is 0.625 bits per heavy atom. The first-order chi connectivity index (χ1) is 7.91. The molecule has 0 rings (SSSR count). The Labute approximate surface area is 103 Å². The number of unbranched alkanes of at least 4 members (excludes halogenated alkanes) is 12. The van der Waals surface area contributed by atoms with Crippen molar-refractivity contribution < 1.29 is 0 Å². The topological polar surface area (TPSA) is 0 Å². The van der Waals surface area contributed by atoms with Crippen molar-refractivity contribution in [2.24, 2.45) is 0 Å². The van der Waals surface area contributed by atoms with E-state index in [9.17, 15) is 0 Å². The molecule has 0 N–H and O–H groups in total. The van der Waals surface area contributed by atoms with Gasteiger partial charge in [0.1, 0.15) is 0 Å². The predicted molar refractivity (Wildman–Crippen MR) is 72.8 cm³/mol. The Morgan fingerprint density at radius 3 is 1.38 bits per heavy atom. The molecule has 0 aromatic carbocycles. The molecule has 0 heteroatoms. The maximum absolute atomic E-state index is 6.79. The van der Waals surface area contributed by atoms with Crippen LogP contribution in [0.25, 0.3) is 0 Å². The van der Waals surface area contributed by atoms with Gasteiger partial charge in [0.25, 0.3) is 0 Å². The van der Waals surface area contributed by atoms with Crippen LogP contribution in [-0.2, 0) is 0 Å². The standard InChI is InChI=1S/C16H29/c1-3-5-7-9-11-13-15-16-14-12-10-8-6-4-2/h3,5-16H2,1H3. The SMILES string of the molecule is [C]#CCCCCCCCCCCCCCC. The van der Waals surface area contributed by atoms with Crippen LogP contribution in [0.15, 0.2) is 0 Å². The smallest absolute Gasteiger partial charge is 0.00989 e. The van der Waals surface area contributed by atoms with Crippen LogP contribution in [0.5, 0.6) is 0 Å². The van der Waals surface area contributed by atoms with Gasteiger partial charge in [-0.1, -0.05) is 83.5 Å². The van der Waals surface area contributed by atoms with E-state index in [1.807, 2.05) is 0 Å². The average Bonchev–Trinajstić information content (AvgIpc) is 2.31. The van der Waals surface area contributed by atoms with Gasteiger partial charge in [-0.25, -0.2) is 0 Å². The minimum absolute atomic E-state index is 0.859. The third kappa shape index (κ3) is 13.6. The van der Waals surface area contributed by atoms with Gasteiger partial charge in [-0.3, -0.25) is 0 Å². The van der Waals surface area contributed by atoms with Crippen molar-refractivity contribution in [3.8, 4) is 5.92 Å². The summed E-state index contributed by atoms with van der Waals surface area (Å²) in [7, 11) is 0. The highest BCUT2D eigenvalue weighted by molar-refractivity contribution is 4.74. The lowest BCUT2D eigenvalue weighted by molar-refractivity contribution is 0.545. The largest absolute Gasteiger partial charge is 0.0891 e. The first-order valence-electron chi connectivity index (χ1n) is 7.31. The van der Waals surface area contributed by atoms with E-state index < -0.39 is 0 Å². The second-order valence-corrected chi connectivity index (χ2v) is 4.82. The first-order valence-corrected chi connectivity index (χ1v) is 7.31. The third-order valence-electron chi connectivity index (χ3n) is 3.16. The van der Waals surface area contributed by atoms with Crippen LogP contribution >= 0.6 is 0 Å². The third-order valence-corrected chi connectivity index (χ3v) is 3.16. The lowest BCUT2D eigenvalue weighted by Crippen LogP contribution is -1.82. The van der Waals surface area contributed by atoms with Crippen molar-refractivity contribution in [2.45, 2.75) is 90.4 Å². The summed E-state index contributed by atoms with van der Waals surface area (Å²) < 4.78 is 0. The first kappa shape index (κ1) is 15.6. The molecule has 0 aliphatic heterocycles. The Bertz CT molecular complexity index is 152. The molecule has 0 spiro atoms. The molecule has 0 bridgehead atoms. The van der Waals surface area contributed by atoms with E-state index in [0.29, 0.717) is 0 Å². The van der Waals surface area contributed by atoms with E-state index in [4.69, 9.17) is 6.42 Å². The summed E-state index contributed by atoms with van der Waals surface area (Å²) in [4.78, 5) is 0. The zero-order chi connectivity index (χ0) is 11.9. The van der Waals surface area contributed by atoms with Crippen LogP contribution in [0.1, 0.15) is 90.4 Å². The molecule has 0 aliphatic rings. The maximum Gasteiger partial charge on any atom is 0.00989 e. The summed E-state index contributed by atoms with van der Waals surface area (Å²) in [6.07, 6.45) is 24.3. The van der Waals surface area contributed by atoms with Gasteiger partial charge in [0, 0.05) is 6.42 Å². The lowest BCUT2D eigenvalue weighted by atomic mass is 10.0. The lowest BCUT2D eigenvalue weighted by Gasteiger charge is -2.01. The summed E-state index contributed by atoms with van der Waals surface area (Å²) in [5.41, 5.74) is 0. The molecule has 0 atom stereocenters. The van der Waals surface area contributed by atoms with Gasteiger partial charge >= 0.3 is 0 Å². The van der Waals surface area contributed by atoms with Crippen molar-refractivity contribution in [3.05, 3.63) is 6.42 Å². The molecule has 0 heterocycles. The van der Waals surface area contributed by atoms with E-state index in [1.165, 1.54) is 77.0 Å². The van der Waals surface area contributed by atoms with E-state index in [0.717, 1.165) is 6.42 Å². The van der Waals surface area contributed by atoms with Gasteiger partial charge in [-0.2, -0.15) is 0 Å². The van der Waals surface area contributed by atoms with Gasteiger partial charge in [0.2, 0.25) is 0 Å². The van der Waals surface area contributed by atoms with Crippen LogP contribution in [0.3, 0.4) is 0 Å². The van der Waals surface area contributed by atoms with Gasteiger partial charge in [0.05, 0.1) is 0 Å². The molecule has 93 valence electrons. The zero-order valence-electron chi connectivity index (χ0n) is 11.2. The quantitative estimate of drug-likeness (QED) is 0.294. The molecule has 16 heavy (non-hydrogen) atoms. The zero-order valence-corrected chi connectivity index (χ0v) is 11.2. The van der Waals surface area contributed by atoms with Gasteiger partial charge in [-0.15, -0.1) is 0 Å². The average molecular weight is 221 g/mol. The van der Waals surface area contributed by atoms with Crippen molar-refractivity contribution >= 4 is 0 Å². The van der Waals surface area contributed by atoms with Crippen molar-refractivity contribution in [3.63, 3.8) is 0 Å². The van der Waals surface area contributed by atoms with E-state index in [-0.39, 0.29) is 0 Å². The van der Waals surface area contributed by atoms with Gasteiger partial charge in [0.15, 0.2) is 0 Å². The van der Waals surface area contributed by atoms with Crippen molar-refractivity contribution in [1.82, 2.24) is 0 Å². The molecule has 0 amide bonds. The Kier molecular flexibility index (Phi) is 14.2. The summed E-state index contributed by atoms with van der Waals surface area (Å²) >= 11 is 0. The number of rotatable bonds is 12. The molecule has 0 fully saturated rings. The highest BCUT2D eigenvalue weighted by atomic mass is 14.0. The fraction of sp³-hybridized carbons (Fsp3) is 0.875.